The van der Waals surface area contributed by atoms with Gasteiger partial charge in [0.2, 0.25) is 0 Å². The second kappa shape index (κ2) is 11.0. The van der Waals surface area contributed by atoms with Gasteiger partial charge in [0.15, 0.2) is 0 Å². The molecule has 3 N–H and O–H groups in total. The van der Waals surface area contributed by atoms with Crippen LogP contribution in [0.25, 0.3) is 27.4 Å². The SMILES string of the molecule is C=C(/C=N\N(O)Cc1cccc2[nH]ncc12)c1cnc(Cc2cccc3cn[nH]c23)s1.CN(C)C. The fraction of sp³-hybridized carbons (Fsp3) is 0.200. The summed E-state index contributed by atoms with van der Waals surface area (Å²) in [6.45, 7) is 4.30. The molecule has 2 aromatic carbocycles. The van der Waals surface area contributed by atoms with Crippen LogP contribution in [0.1, 0.15) is 21.0 Å². The molecule has 3 heterocycles. The fourth-order valence-electron chi connectivity index (χ4n) is 3.44. The van der Waals surface area contributed by atoms with Crippen LogP contribution in [-0.2, 0) is 13.0 Å². The maximum atomic E-state index is 10.2. The molecular formula is C25H28N8OS. The van der Waals surface area contributed by atoms with E-state index in [1.54, 1.807) is 29.9 Å². The zero-order valence-electron chi connectivity index (χ0n) is 19.9. The number of rotatable bonds is 7. The van der Waals surface area contributed by atoms with Crippen LogP contribution in [-0.4, -0.2) is 68.0 Å². The first-order chi connectivity index (χ1) is 16.9. The summed E-state index contributed by atoms with van der Waals surface area (Å²) < 4.78 is 0. The summed E-state index contributed by atoms with van der Waals surface area (Å²) in [7, 11) is 6.00. The number of aromatic nitrogens is 5. The predicted octanol–water partition coefficient (Wildman–Crippen LogP) is 4.55. The molecule has 0 saturated heterocycles. The Kier molecular flexibility index (Phi) is 7.66. The summed E-state index contributed by atoms with van der Waals surface area (Å²) in [5.41, 5.74) is 4.70. The van der Waals surface area contributed by atoms with Gasteiger partial charge in [0.05, 0.1) is 46.1 Å². The molecule has 180 valence electrons. The predicted molar refractivity (Wildman–Crippen MR) is 142 cm³/mol. The van der Waals surface area contributed by atoms with E-state index >= 15 is 0 Å². The highest BCUT2D eigenvalue weighted by atomic mass is 32.1. The van der Waals surface area contributed by atoms with Gasteiger partial charge < -0.3 is 4.90 Å². The average Bonchev–Trinajstić information content (AvgIpc) is 3.58. The van der Waals surface area contributed by atoms with Crippen LogP contribution in [0.15, 0.2) is 66.7 Å². The van der Waals surface area contributed by atoms with Crippen molar-refractivity contribution in [3.05, 3.63) is 82.6 Å². The minimum atomic E-state index is 0.239. The lowest BCUT2D eigenvalue weighted by Crippen LogP contribution is -2.11. The van der Waals surface area contributed by atoms with E-state index < -0.39 is 0 Å². The standard InChI is InChI=1S/C22H19N7OS.C3H9N/c1-14(9-26-29(30)13-17-6-3-7-19-18(17)11-25-27-19)20-12-23-21(31-20)8-15-4-2-5-16-10-24-28-22(15)16;1-4(2)3/h2-7,9-12,30H,1,8,13H2,(H,24,28)(H,25,27);1-3H3/b26-9-;. The van der Waals surface area contributed by atoms with Crippen molar-refractivity contribution >= 4 is 44.9 Å². The molecule has 35 heavy (non-hydrogen) atoms. The number of nitrogens with one attached hydrogen (secondary N) is 2. The number of aromatic amines is 2. The van der Waals surface area contributed by atoms with E-state index in [-0.39, 0.29) is 6.54 Å². The van der Waals surface area contributed by atoms with Crippen molar-refractivity contribution in [3.8, 4) is 0 Å². The zero-order chi connectivity index (χ0) is 24.8. The summed E-state index contributed by atoms with van der Waals surface area (Å²) in [5.74, 6) is 0. The fourth-order valence-corrected chi connectivity index (χ4v) is 4.32. The van der Waals surface area contributed by atoms with Gasteiger partial charge >= 0.3 is 0 Å². The number of hydrazone groups is 1. The van der Waals surface area contributed by atoms with Crippen molar-refractivity contribution in [3.63, 3.8) is 0 Å². The first-order valence-corrected chi connectivity index (χ1v) is 11.8. The maximum absolute atomic E-state index is 10.2. The lowest BCUT2D eigenvalue weighted by Gasteiger charge is -2.11. The van der Waals surface area contributed by atoms with Crippen molar-refractivity contribution < 1.29 is 5.21 Å². The summed E-state index contributed by atoms with van der Waals surface area (Å²) >= 11 is 1.56. The highest BCUT2D eigenvalue weighted by molar-refractivity contribution is 7.13. The number of nitrogens with zero attached hydrogens (tertiary/aromatic N) is 6. The lowest BCUT2D eigenvalue weighted by molar-refractivity contribution is -0.0971. The van der Waals surface area contributed by atoms with Crippen molar-refractivity contribution in [2.45, 2.75) is 13.0 Å². The van der Waals surface area contributed by atoms with Crippen LogP contribution in [0, 0.1) is 0 Å². The third-order valence-electron chi connectivity index (χ3n) is 5.01. The van der Waals surface area contributed by atoms with Crippen LogP contribution in [0.4, 0.5) is 0 Å². The monoisotopic (exact) mass is 488 g/mol. The normalized spacial score (nSPS) is 11.3. The molecule has 0 saturated carbocycles. The van der Waals surface area contributed by atoms with E-state index in [1.807, 2.05) is 62.6 Å². The number of benzene rings is 2. The van der Waals surface area contributed by atoms with E-state index in [9.17, 15) is 5.21 Å². The molecule has 0 aliphatic carbocycles. The van der Waals surface area contributed by atoms with Gasteiger partial charge in [-0.25, -0.2) is 4.98 Å². The quantitative estimate of drug-likeness (QED) is 0.229. The minimum absolute atomic E-state index is 0.239. The minimum Gasteiger partial charge on any atom is -0.312 e. The average molecular weight is 489 g/mol. The summed E-state index contributed by atoms with van der Waals surface area (Å²) in [5, 5.41) is 32.4. The molecule has 0 atom stereocenters. The molecule has 0 radical (unpaired) electrons. The van der Waals surface area contributed by atoms with Crippen molar-refractivity contribution in [1.29, 1.82) is 0 Å². The van der Waals surface area contributed by atoms with Gasteiger partial charge in [-0.2, -0.15) is 20.5 Å². The summed E-state index contributed by atoms with van der Waals surface area (Å²) in [4.78, 5) is 7.43. The van der Waals surface area contributed by atoms with Crippen LogP contribution >= 0.6 is 11.3 Å². The third kappa shape index (κ3) is 6.18. The lowest BCUT2D eigenvalue weighted by atomic mass is 10.1. The van der Waals surface area contributed by atoms with Crippen LogP contribution in [0.5, 0.6) is 0 Å². The van der Waals surface area contributed by atoms with Crippen LogP contribution in [0.3, 0.4) is 0 Å². The van der Waals surface area contributed by atoms with Crippen molar-refractivity contribution in [1.82, 2.24) is 35.5 Å². The number of hydrogen-bond donors (Lipinski definition) is 3. The second-order valence-corrected chi connectivity index (χ2v) is 9.55. The van der Waals surface area contributed by atoms with Gasteiger partial charge in [0, 0.05) is 29.0 Å². The van der Waals surface area contributed by atoms with E-state index in [0.717, 1.165) is 48.0 Å². The molecule has 0 aliphatic rings. The Balaban J connectivity index is 0.000000672. The zero-order valence-corrected chi connectivity index (χ0v) is 20.8. The Morgan fingerprint density at radius 1 is 1.06 bits per heavy atom. The molecule has 0 fully saturated rings. The summed E-state index contributed by atoms with van der Waals surface area (Å²) in [6.07, 6.45) is 7.59. The Labute approximate surface area is 207 Å². The van der Waals surface area contributed by atoms with Gasteiger partial charge in [0.1, 0.15) is 0 Å². The van der Waals surface area contributed by atoms with E-state index in [2.05, 4.69) is 43.1 Å². The Bertz CT molecular complexity index is 1450. The van der Waals surface area contributed by atoms with Crippen LogP contribution < -0.4 is 0 Å². The van der Waals surface area contributed by atoms with E-state index in [4.69, 9.17) is 0 Å². The molecule has 10 heteroatoms. The molecule has 3 aromatic heterocycles. The number of para-hydroxylation sites is 1. The highest BCUT2D eigenvalue weighted by Crippen LogP contribution is 2.25. The Hall–Kier alpha value is -3.86. The van der Waals surface area contributed by atoms with E-state index in [0.29, 0.717) is 12.0 Å². The maximum Gasteiger partial charge on any atom is 0.0975 e. The topological polar surface area (TPSA) is 109 Å². The van der Waals surface area contributed by atoms with Gasteiger partial charge in [-0.1, -0.05) is 36.9 Å². The molecule has 5 aromatic rings. The number of allylic oxidation sites excluding steroid dienone is 1. The largest absolute Gasteiger partial charge is 0.312 e. The van der Waals surface area contributed by atoms with Crippen molar-refractivity contribution in [2.75, 3.05) is 21.1 Å². The van der Waals surface area contributed by atoms with Gasteiger partial charge in [-0.15, -0.1) is 11.3 Å². The molecular weight excluding hydrogens is 460 g/mol. The highest BCUT2D eigenvalue weighted by Gasteiger charge is 2.10. The molecule has 0 bridgehead atoms. The molecule has 5 rings (SSSR count). The molecule has 9 nitrogen and oxygen atoms in total. The Morgan fingerprint density at radius 2 is 1.80 bits per heavy atom. The smallest absolute Gasteiger partial charge is 0.0975 e. The second-order valence-electron chi connectivity index (χ2n) is 8.44. The number of hydroxylamine groups is 1. The number of hydrogen-bond acceptors (Lipinski definition) is 8. The first kappa shape index (κ1) is 24.3. The summed E-state index contributed by atoms with van der Waals surface area (Å²) in [6, 6.07) is 11.9. The number of H-pyrrole nitrogens is 2. The van der Waals surface area contributed by atoms with E-state index in [1.165, 1.54) is 0 Å². The van der Waals surface area contributed by atoms with Gasteiger partial charge in [-0.05, 0) is 38.3 Å². The third-order valence-corrected chi connectivity index (χ3v) is 6.08. The first-order valence-electron chi connectivity index (χ1n) is 11.0. The van der Waals surface area contributed by atoms with Gasteiger partial charge in [0.25, 0.3) is 0 Å². The Morgan fingerprint density at radius 3 is 2.63 bits per heavy atom. The van der Waals surface area contributed by atoms with Gasteiger partial charge in [-0.3, -0.25) is 15.4 Å². The molecule has 0 spiro atoms. The molecule has 0 unspecified atom stereocenters. The molecule has 0 aliphatic heterocycles. The van der Waals surface area contributed by atoms with Crippen LogP contribution in [0.2, 0.25) is 0 Å². The molecule has 0 amide bonds. The number of thiazole rings is 1. The van der Waals surface area contributed by atoms with Crippen molar-refractivity contribution in [2.24, 2.45) is 5.10 Å². The number of fused-ring (bicyclic) bond motifs is 2.